The molecule has 0 saturated carbocycles. The fraction of sp³-hybridized carbons (Fsp3) is 0.478. The van der Waals surface area contributed by atoms with Crippen molar-refractivity contribution in [1.29, 1.82) is 0 Å². The number of hydrogen-bond donors (Lipinski definition) is 1. The number of anilines is 1. The predicted octanol–water partition coefficient (Wildman–Crippen LogP) is 1.97. The molecule has 0 spiro atoms. The van der Waals surface area contributed by atoms with E-state index in [4.69, 9.17) is 4.99 Å². The minimum Gasteiger partial charge on any atom is -0.356 e. The van der Waals surface area contributed by atoms with Crippen molar-refractivity contribution in [3.8, 4) is 0 Å². The molecule has 2 amide bonds. The van der Waals surface area contributed by atoms with Gasteiger partial charge in [0.05, 0.1) is 18.4 Å². The summed E-state index contributed by atoms with van der Waals surface area (Å²) in [6.45, 7) is 6.40. The lowest BCUT2D eigenvalue weighted by Crippen LogP contribution is -2.55. The average molecular weight is 565 g/mol. The summed E-state index contributed by atoms with van der Waals surface area (Å²) >= 11 is 0. The molecule has 2 aromatic rings. The molecule has 0 aliphatic carbocycles. The second kappa shape index (κ2) is 11.5. The van der Waals surface area contributed by atoms with Crippen LogP contribution in [0.2, 0.25) is 0 Å². The van der Waals surface area contributed by atoms with E-state index in [0.29, 0.717) is 32.6 Å². The SMILES string of the molecule is CCNC(=NCc1ccc(CN2CCCC2=O)cc1)N1CCN(c2cnn(C)c2)C(=O)C1.I. The molecule has 33 heavy (non-hydrogen) atoms. The fourth-order valence-corrected chi connectivity index (χ4v) is 4.11. The maximum atomic E-state index is 12.7. The number of amides is 2. The Morgan fingerprint density at radius 3 is 2.45 bits per heavy atom. The van der Waals surface area contributed by atoms with E-state index in [0.717, 1.165) is 42.3 Å². The van der Waals surface area contributed by atoms with Gasteiger partial charge in [-0.1, -0.05) is 24.3 Å². The van der Waals surface area contributed by atoms with Crippen molar-refractivity contribution in [2.24, 2.45) is 12.0 Å². The molecular weight excluding hydrogens is 533 g/mol. The number of halogens is 1. The van der Waals surface area contributed by atoms with E-state index in [1.165, 1.54) is 0 Å². The first-order valence-electron chi connectivity index (χ1n) is 11.2. The number of aryl methyl sites for hydroxylation is 1. The fourth-order valence-electron chi connectivity index (χ4n) is 4.11. The Hall–Kier alpha value is -2.63. The highest BCUT2D eigenvalue weighted by atomic mass is 127. The standard InChI is InChI=1S/C23H31N7O2.HI/c1-3-24-23(29-11-12-30(22(32)17-29)20-14-26-27(2)16-20)25-13-18-6-8-19(9-7-18)15-28-10-4-5-21(28)31;/h6-9,14,16H,3-5,10-13,15,17H2,1-2H3,(H,24,25);1H. The van der Waals surface area contributed by atoms with Crippen LogP contribution in [0.4, 0.5) is 5.69 Å². The van der Waals surface area contributed by atoms with E-state index in [1.54, 1.807) is 15.8 Å². The Bertz CT molecular complexity index is 989. The van der Waals surface area contributed by atoms with E-state index in [-0.39, 0.29) is 42.3 Å². The molecule has 2 aliphatic rings. The van der Waals surface area contributed by atoms with E-state index >= 15 is 0 Å². The molecule has 4 rings (SSSR count). The maximum Gasteiger partial charge on any atom is 0.246 e. The number of rotatable bonds is 6. The molecule has 1 N–H and O–H groups in total. The lowest BCUT2D eigenvalue weighted by atomic mass is 10.1. The smallest absolute Gasteiger partial charge is 0.246 e. The lowest BCUT2D eigenvalue weighted by Gasteiger charge is -2.35. The van der Waals surface area contributed by atoms with Crippen LogP contribution in [-0.4, -0.2) is 70.1 Å². The molecule has 0 unspecified atom stereocenters. The highest BCUT2D eigenvalue weighted by molar-refractivity contribution is 14.0. The molecule has 9 nitrogen and oxygen atoms in total. The van der Waals surface area contributed by atoms with E-state index in [1.807, 2.05) is 30.0 Å². The van der Waals surface area contributed by atoms with Gasteiger partial charge in [-0.25, -0.2) is 4.99 Å². The van der Waals surface area contributed by atoms with Crippen LogP contribution in [0.3, 0.4) is 0 Å². The number of guanidine groups is 1. The van der Waals surface area contributed by atoms with E-state index in [2.05, 4.69) is 34.7 Å². The molecule has 2 aliphatic heterocycles. The summed E-state index contributed by atoms with van der Waals surface area (Å²) in [5.74, 6) is 1.03. The topological polar surface area (TPSA) is 86.1 Å². The van der Waals surface area contributed by atoms with Crippen molar-refractivity contribution in [2.45, 2.75) is 32.9 Å². The van der Waals surface area contributed by atoms with Crippen LogP contribution in [0.5, 0.6) is 0 Å². The summed E-state index contributed by atoms with van der Waals surface area (Å²) in [4.78, 5) is 35.0. The molecule has 3 heterocycles. The summed E-state index contributed by atoms with van der Waals surface area (Å²) < 4.78 is 1.70. The normalized spacial score (nSPS) is 16.9. The number of hydrogen-bond acceptors (Lipinski definition) is 4. The van der Waals surface area contributed by atoms with Crippen LogP contribution in [0.25, 0.3) is 0 Å². The number of nitrogens with zero attached hydrogens (tertiary/aromatic N) is 6. The van der Waals surface area contributed by atoms with Crippen molar-refractivity contribution in [3.05, 3.63) is 47.8 Å². The van der Waals surface area contributed by atoms with E-state index < -0.39 is 0 Å². The van der Waals surface area contributed by atoms with Crippen molar-refractivity contribution < 1.29 is 9.59 Å². The Balaban J connectivity index is 0.00000306. The van der Waals surface area contributed by atoms with Gasteiger partial charge in [-0.2, -0.15) is 5.10 Å². The number of benzene rings is 1. The monoisotopic (exact) mass is 565 g/mol. The van der Waals surface area contributed by atoms with E-state index in [9.17, 15) is 9.59 Å². The summed E-state index contributed by atoms with van der Waals surface area (Å²) in [5, 5.41) is 7.48. The van der Waals surface area contributed by atoms with Gasteiger partial charge < -0.3 is 20.0 Å². The molecule has 10 heteroatoms. The predicted molar refractivity (Wildman–Crippen MR) is 138 cm³/mol. The zero-order valence-electron chi connectivity index (χ0n) is 19.2. The molecule has 1 aromatic heterocycles. The van der Waals surface area contributed by atoms with Gasteiger partial charge in [0.1, 0.15) is 6.54 Å². The number of carbonyl (C=O) groups is 2. The first kappa shape index (κ1) is 25.0. The molecule has 0 bridgehead atoms. The second-order valence-electron chi connectivity index (χ2n) is 8.24. The summed E-state index contributed by atoms with van der Waals surface area (Å²) in [5.41, 5.74) is 3.06. The van der Waals surface area contributed by atoms with Gasteiger partial charge in [0, 0.05) is 52.4 Å². The summed E-state index contributed by atoms with van der Waals surface area (Å²) in [6.07, 6.45) is 5.20. The third-order valence-electron chi connectivity index (χ3n) is 5.84. The van der Waals surface area contributed by atoms with Gasteiger partial charge in [0.25, 0.3) is 0 Å². The zero-order chi connectivity index (χ0) is 22.5. The molecule has 0 atom stereocenters. The number of likely N-dealkylation sites (tertiary alicyclic amines) is 1. The number of aliphatic imine (C=N–C) groups is 1. The van der Waals surface area contributed by atoms with Gasteiger partial charge in [0.15, 0.2) is 5.96 Å². The van der Waals surface area contributed by atoms with Crippen molar-refractivity contribution in [2.75, 3.05) is 37.6 Å². The number of nitrogens with one attached hydrogen (secondary N) is 1. The van der Waals surface area contributed by atoms with Crippen LogP contribution in [0.15, 0.2) is 41.7 Å². The average Bonchev–Trinajstić information content (AvgIpc) is 3.40. The highest BCUT2D eigenvalue weighted by Gasteiger charge is 2.27. The Labute approximate surface area is 211 Å². The van der Waals surface area contributed by atoms with Crippen LogP contribution in [-0.2, 0) is 29.7 Å². The second-order valence-corrected chi connectivity index (χ2v) is 8.24. The quantitative estimate of drug-likeness (QED) is 0.329. The first-order chi connectivity index (χ1) is 15.5. The lowest BCUT2D eigenvalue weighted by molar-refractivity contribution is -0.128. The van der Waals surface area contributed by atoms with Gasteiger partial charge in [-0.15, -0.1) is 24.0 Å². The molecule has 2 fully saturated rings. The van der Waals surface area contributed by atoms with Gasteiger partial charge >= 0.3 is 0 Å². The van der Waals surface area contributed by atoms with Crippen LogP contribution < -0.4 is 10.2 Å². The third-order valence-corrected chi connectivity index (χ3v) is 5.84. The van der Waals surface area contributed by atoms with Crippen molar-refractivity contribution in [3.63, 3.8) is 0 Å². The summed E-state index contributed by atoms with van der Waals surface area (Å²) in [6, 6.07) is 8.27. The largest absolute Gasteiger partial charge is 0.356 e. The minimum atomic E-state index is 0. The minimum absolute atomic E-state index is 0. The van der Waals surface area contributed by atoms with Crippen LogP contribution in [0.1, 0.15) is 30.9 Å². The van der Waals surface area contributed by atoms with Crippen LogP contribution >= 0.6 is 24.0 Å². The molecule has 2 saturated heterocycles. The Morgan fingerprint density at radius 1 is 1.09 bits per heavy atom. The van der Waals surface area contributed by atoms with Gasteiger partial charge in [-0.3, -0.25) is 14.3 Å². The zero-order valence-corrected chi connectivity index (χ0v) is 21.6. The molecule has 0 radical (unpaired) electrons. The Morgan fingerprint density at radius 2 is 1.85 bits per heavy atom. The number of carbonyl (C=O) groups excluding carboxylic acids is 2. The summed E-state index contributed by atoms with van der Waals surface area (Å²) in [7, 11) is 1.85. The third kappa shape index (κ3) is 6.24. The van der Waals surface area contributed by atoms with Gasteiger partial charge in [0.2, 0.25) is 11.8 Å². The van der Waals surface area contributed by atoms with Crippen molar-refractivity contribution >= 4 is 47.4 Å². The maximum absolute atomic E-state index is 12.7. The molecular formula is C23H32IN7O2. The number of piperazine rings is 1. The molecule has 178 valence electrons. The van der Waals surface area contributed by atoms with Crippen molar-refractivity contribution in [1.82, 2.24) is 24.9 Å². The Kier molecular flexibility index (Phi) is 8.70. The highest BCUT2D eigenvalue weighted by Crippen LogP contribution is 2.17. The molecule has 1 aromatic carbocycles. The van der Waals surface area contributed by atoms with Gasteiger partial charge in [-0.05, 0) is 24.5 Å². The first-order valence-corrected chi connectivity index (χ1v) is 11.2. The van der Waals surface area contributed by atoms with Crippen LogP contribution in [0, 0.1) is 0 Å². The number of aromatic nitrogens is 2.